The third kappa shape index (κ3) is 1.55. The van der Waals surface area contributed by atoms with Crippen molar-refractivity contribution >= 4 is 0 Å². The maximum Gasteiger partial charge on any atom is -0.0109 e. The molecule has 1 rings (SSSR count). The number of allylic oxidation sites excluding steroid dienone is 4. The van der Waals surface area contributed by atoms with Gasteiger partial charge in [0.1, 0.15) is 0 Å². The van der Waals surface area contributed by atoms with Crippen molar-refractivity contribution in [3.05, 3.63) is 23.8 Å². The summed E-state index contributed by atoms with van der Waals surface area (Å²) in [5.41, 5.74) is 1.94. The minimum atomic E-state index is 0.361. The molecule has 0 amide bonds. The molecule has 1 unspecified atom stereocenters. The Labute approximate surface area is 70.0 Å². The van der Waals surface area contributed by atoms with Gasteiger partial charge in [-0.25, -0.2) is 0 Å². The number of hydrogen-bond acceptors (Lipinski definition) is 0. The first kappa shape index (κ1) is 8.58. The Morgan fingerprint density at radius 2 is 2.09 bits per heavy atom. The number of rotatable bonds is 1. The van der Waals surface area contributed by atoms with Crippen molar-refractivity contribution < 1.29 is 0 Å². The fraction of sp³-hybridized carbons (Fsp3) is 0.636. The molecule has 0 nitrogen and oxygen atoms in total. The van der Waals surface area contributed by atoms with E-state index in [1.807, 2.05) is 0 Å². The predicted octanol–water partition coefficient (Wildman–Crippen LogP) is 3.55. The molecule has 1 atom stereocenters. The number of hydrogen-bond donors (Lipinski definition) is 0. The Hall–Kier alpha value is -0.520. The van der Waals surface area contributed by atoms with Crippen LogP contribution in [0.2, 0.25) is 0 Å². The van der Waals surface area contributed by atoms with E-state index in [9.17, 15) is 0 Å². The molecule has 0 saturated carbocycles. The molecule has 0 radical (unpaired) electrons. The van der Waals surface area contributed by atoms with Gasteiger partial charge in [-0.3, -0.25) is 0 Å². The Kier molecular flexibility index (Phi) is 2.22. The molecular weight excluding hydrogens is 132 g/mol. The predicted molar refractivity (Wildman–Crippen MR) is 50.5 cm³/mol. The molecule has 62 valence electrons. The van der Waals surface area contributed by atoms with E-state index in [1.165, 1.54) is 6.42 Å². The lowest BCUT2D eigenvalue weighted by atomic mass is 9.72. The summed E-state index contributed by atoms with van der Waals surface area (Å²) in [7, 11) is 0. The van der Waals surface area contributed by atoms with E-state index in [4.69, 9.17) is 0 Å². The second-order valence-corrected chi connectivity index (χ2v) is 4.00. The van der Waals surface area contributed by atoms with E-state index in [0.29, 0.717) is 11.3 Å². The highest BCUT2D eigenvalue weighted by Crippen LogP contribution is 2.37. The van der Waals surface area contributed by atoms with Crippen LogP contribution in [0.25, 0.3) is 0 Å². The standard InChI is InChI=1S/C11H18/c1-5-10-7-6-8-11(3,4)9(10)2/h6-9H,5H2,1-4H3. The van der Waals surface area contributed by atoms with E-state index < -0.39 is 0 Å². The van der Waals surface area contributed by atoms with Crippen LogP contribution in [0.1, 0.15) is 34.1 Å². The van der Waals surface area contributed by atoms with Crippen molar-refractivity contribution in [2.45, 2.75) is 34.1 Å². The van der Waals surface area contributed by atoms with Crippen molar-refractivity contribution in [2.75, 3.05) is 0 Å². The van der Waals surface area contributed by atoms with E-state index in [1.54, 1.807) is 5.57 Å². The zero-order valence-electron chi connectivity index (χ0n) is 8.02. The van der Waals surface area contributed by atoms with Gasteiger partial charge in [-0.15, -0.1) is 0 Å². The van der Waals surface area contributed by atoms with Crippen LogP contribution in [0, 0.1) is 11.3 Å². The summed E-state index contributed by atoms with van der Waals surface area (Å²) in [6.07, 6.45) is 7.94. The smallest absolute Gasteiger partial charge is 0.0109 e. The minimum absolute atomic E-state index is 0.361. The SMILES string of the molecule is CCC1=CC=CC(C)(C)C1C. The van der Waals surface area contributed by atoms with Crippen LogP contribution in [0.15, 0.2) is 23.8 Å². The highest BCUT2D eigenvalue weighted by Gasteiger charge is 2.26. The summed E-state index contributed by atoms with van der Waals surface area (Å²) < 4.78 is 0. The Morgan fingerprint density at radius 3 is 2.55 bits per heavy atom. The molecule has 0 aliphatic heterocycles. The van der Waals surface area contributed by atoms with Gasteiger partial charge in [0.05, 0.1) is 0 Å². The topological polar surface area (TPSA) is 0 Å². The van der Waals surface area contributed by atoms with Gasteiger partial charge in [-0.05, 0) is 17.8 Å². The molecule has 0 aromatic carbocycles. The first-order valence-electron chi connectivity index (χ1n) is 4.46. The summed E-state index contributed by atoms with van der Waals surface area (Å²) in [6.45, 7) is 9.16. The van der Waals surface area contributed by atoms with Crippen LogP contribution >= 0.6 is 0 Å². The minimum Gasteiger partial charge on any atom is -0.0783 e. The van der Waals surface area contributed by atoms with Crippen molar-refractivity contribution in [3.8, 4) is 0 Å². The molecule has 0 N–H and O–H groups in total. The molecule has 11 heavy (non-hydrogen) atoms. The van der Waals surface area contributed by atoms with Crippen molar-refractivity contribution in [1.82, 2.24) is 0 Å². The summed E-state index contributed by atoms with van der Waals surface area (Å²) in [4.78, 5) is 0. The molecule has 0 spiro atoms. The van der Waals surface area contributed by atoms with E-state index >= 15 is 0 Å². The van der Waals surface area contributed by atoms with Crippen molar-refractivity contribution in [2.24, 2.45) is 11.3 Å². The highest BCUT2D eigenvalue weighted by atomic mass is 14.3. The fourth-order valence-corrected chi connectivity index (χ4v) is 1.61. The monoisotopic (exact) mass is 150 g/mol. The maximum atomic E-state index is 2.32. The van der Waals surface area contributed by atoms with Crippen LogP contribution in [0.3, 0.4) is 0 Å². The maximum absolute atomic E-state index is 2.32. The van der Waals surface area contributed by atoms with Gasteiger partial charge < -0.3 is 0 Å². The third-order valence-electron chi connectivity index (χ3n) is 2.92. The average molecular weight is 150 g/mol. The molecule has 0 heterocycles. The van der Waals surface area contributed by atoms with Crippen LogP contribution in [-0.2, 0) is 0 Å². The summed E-state index contributed by atoms with van der Waals surface area (Å²) in [5.74, 6) is 0.706. The third-order valence-corrected chi connectivity index (χ3v) is 2.92. The molecule has 1 aliphatic carbocycles. The zero-order chi connectivity index (χ0) is 8.48. The lowest BCUT2D eigenvalue weighted by molar-refractivity contribution is 0.341. The lowest BCUT2D eigenvalue weighted by Crippen LogP contribution is -2.22. The lowest BCUT2D eigenvalue weighted by Gasteiger charge is -2.32. The zero-order valence-corrected chi connectivity index (χ0v) is 8.02. The van der Waals surface area contributed by atoms with Gasteiger partial charge in [-0.2, -0.15) is 0 Å². The van der Waals surface area contributed by atoms with Gasteiger partial charge in [0.2, 0.25) is 0 Å². The molecular formula is C11H18. The summed E-state index contributed by atoms with van der Waals surface area (Å²) in [6, 6.07) is 0. The second-order valence-electron chi connectivity index (χ2n) is 4.00. The van der Waals surface area contributed by atoms with E-state index in [-0.39, 0.29) is 0 Å². The molecule has 0 aromatic rings. The quantitative estimate of drug-likeness (QED) is 0.536. The Bertz CT molecular complexity index is 194. The molecule has 0 bridgehead atoms. The molecule has 1 aliphatic rings. The summed E-state index contributed by atoms with van der Waals surface area (Å²) >= 11 is 0. The van der Waals surface area contributed by atoms with E-state index in [0.717, 1.165) is 0 Å². The highest BCUT2D eigenvalue weighted by molar-refractivity contribution is 5.25. The van der Waals surface area contributed by atoms with Crippen molar-refractivity contribution in [1.29, 1.82) is 0 Å². The van der Waals surface area contributed by atoms with Gasteiger partial charge in [0.15, 0.2) is 0 Å². The summed E-state index contributed by atoms with van der Waals surface area (Å²) in [5, 5.41) is 0. The second kappa shape index (κ2) is 2.84. The Morgan fingerprint density at radius 1 is 1.45 bits per heavy atom. The van der Waals surface area contributed by atoms with Crippen LogP contribution in [0.5, 0.6) is 0 Å². The largest absolute Gasteiger partial charge is 0.0783 e. The Balaban J connectivity index is 2.86. The van der Waals surface area contributed by atoms with Crippen molar-refractivity contribution in [3.63, 3.8) is 0 Å². The molecule has 0 fully saturated rings. The normalized spacial score (nSPS) is 28.4. The van der Waals surface area contributed by atoms with Gasteiger partial charge in [-0.1, -0.05) is 51.5 Å². The van der Waals surface area contributed by atoms with Gasteiger partial charge in [0, 0.05) is 0 Å². The van der Waals surface area contributed by atoms with Crippen LogP contribution < -0.4 is 0 Å². The van der Waals surface area contributed by atoms with Gasteiger partial charge in [0.25, 0.3) is 0 Å². The molecule has 0 saturated heterocycles. The first-order chi connectivity index (χ1) is 5.08. The van der Waals surface area contributed by atoms with Gasteiger partial charge >= 0.3 is 0 Å². The van der Waals surface area contributed by atoms with Crippen LogP contribution in [-0.4, -0.2) is 0 Å². The fourth-order valence-electron chi connectivity index (χ4n) is 1.61. The van der Waals surface area contributed by atoms with E-state index in [2.05, 4.69) is 45.9 Å². The molecule has 0 heteroatoms. The molecule has 0 aromatic heterocycles. The average Bonchev–Trinajstić information content (AvgIpc) is 1.95. The van der Waals surface area contributed by atoms with Crippen LogP contribution in [0.4, 0.5) is 0 Å². The first-order valence-corrected chi connectivity index (χ1v) is 4.46.